The van der Waals surface area contributed by atoms with Gasteiger partial charge in [-0.15, -0.1) is 24.2 Å². The molecule has 0 fully saturated rings. The third kappa shape index (κ3) is 4.91. The number of halogens is 2. The standard InChI is InChI=1S/C19H20ClNO2S.ClH/c1-23-19(22)15-4-2-13(3-5-15)12-24-18-16-9-11-21-10-8-14(16)6-7-17(18)20;/h2-7,21H,8-12H2,1H3;1H. The van der Waals surface area contributed by atoms with E-state index in [0.717, 1.165) is 42.3 Å². The monoisotopic (exact) mass is 397 g/mol. The molecule has 0 aromatic heterocycles. The molecule has 3 rings (SSSR count). The maximum absolute atomic E-state index is 11.5. The van der Waals surface area contributed by atoms with E-state index in [1.165, 1.54) is 23.1 Å². The van der Waals surface area contributed by atoms with Gasteiger partial charge in [-0.25, -0.2) is 4.79 Å². The normalized spacial score (nSPS) is 13.4. The van der Waals surface area contributed by atoms with Gasteiger partial charge in [0.15, 0.2) is 0 Å². The summed E-state index contributed by atoms with van der Waals surface area (Å²) in [5, 5.41) is 4.27. The Morgan fingerprint density at radius 1 is 1.16 bits per heavy atom. The molecular formula is C19H21Cl2NO2S. The third-order valence-corrected chi connectivity index (χ3v) is 5.85. The van der Waals surface area contributed by atoms with Crippen LogP contribution in [0.5, 0.6) is 0 Å². The summed E-state index contributed by atoms with van der Waals surface area (Å²) in [5.41, 5.74) is 4.51. The molecule has 3 nitrogen and oxygen atoms in total. The molecule has 1 aliphatic heterocycles. The van der Waals surface area contributed by atoms with Crippen molar-refractivity contribution in [3.05, 3.63) is 63.7 Å². The second-order valence-electron chi connectivity index (χ2n) is 5.74. The zero-order valence-corrected chi connectivity index (χ0v) is 16.4. The molecule has 0 bridgehead atoms. The second kappa shape index (κ2) is 9.48. The van der Waals surface area contributed by atoms with Crippen molar-refractivity contribution in [3.8, 4) is 0 Å². The average molecular weight is 398 g/mol. The topological polar surface area (TPSA) is 38.3 Å². The van der Waals surface area contributed by atoms with Crippen LogP contribution < -0.4 is 5.32 Å². The Kier molecular flexibility index (Phi) is 7.63. The first kappa shape index (κ1) is 20.1. The van der Waals surface area contributed by atoms with Crippen LogP contribution in [0.15, 0.2) is 41.3 Å². The van der Waals surface area contributed by atoms with Crippen molar-refractivity contribution in [2.24, 2.45) is 0 Å². The van der Waals surface area contributed by atoms with Gasteiger partial charge in [-0.3, -0.25) is 0 Å². The number of rotatable bonds is 4. The number of benzene rings is 2. The van der Waals surface area contributed by atoms with E-state index in [2.05, 4.69) is 11.4 Å². The predicted octanol–water partition coefficient (Wildman–Crippen LogP) is 4.53. The highest BCUT2D eigenvalue weighted by molar-refractivity contribution is 7.98. The number of carbonyl (C=O) groups excluding carboxylic acids is 1. The Bertz CT molecular complexity index is 735. The smallest absolute Gasteiger partial charge is 0.337 e. The molecule has 25 heavy (non-hydrogen) atoms. The molecule has 134 valence electrons. The van der Waals surface area contributed by atoms with Crippen molar-refractivity contribution < 1.29 is 9.53 Å². The minimum Gasteiger partial charge on any atom is -0.465 e. The maximum atomic E-state index is 11.5. The Hall–Kier alpha value is -1.20. The molecule has 6 heteroatoms. The van der Waals surface area contributed by atoms with Gasteiger partial charge in [-0.2, -0.15) is 0 Å². The van der Waals surface area contributed by atoms with E-state index >= 15 is 0 Å². The van der Waals surface area contributed by atoms with Crippen LogP contribution >= 0.6 is 35.8 Å². The summed E-state index contributed by atoms with van der Waals surface area (Å²) in [6.07, 6.45) is 2.06. The van der Waals surface area contributed by atoms with Gasteiger partial charge in [0.2, 0.25) is 0 Å². The summed E-state index contributed by atoms with van der Waals surface area (Å²) >= 11 is 8.23. The molecule has 1 heterocycles. The van der Waals surface area contributed by atoms with Gasteiger partial charge in [0.05, 0.1) is 17.7 Å². The fraction of sp³-hybridized carbons (Fsp3) is 0.316. The number of hydrogen-bond donors (Lipinski definition) is 1. The number of methoxy groups -OCH3 is 1. The SMILES string of the molecule is COC(=O)c1ccc(CSc2c(Cl)ccc3c2CCNCC3)cc1.Cl. The van der Waals surface area contributed by atoms with Crippen molar-refractivity contribution in [2.75, 3.05) is 20.2 Å². The van der Waals surface area contributed by atoms with Gasteiger partial charge >= 0.3 is 5.97 Å². The van der Waals surface area contributed by atoms with Crippen molar-refractivity contribution in [1.82, 2.24) is 5.32 Å². The minimum atomic E-state index is -0.307. The first-order valence-electron chi connectivity index (χ1n) is 8.00. The average Bonchev–Trinajstić information content (AvgIpc) is 2.86. The van der Waals surface area contributed by atoms with E-state index in [9.17, 15) is 4.79 Å². The quantitative estimate of drug-likeness (QED) is 0.607. The van der Waals surface area contributed by atoms with E-state index in [0.29, 0.717) is 5.56 Å². The van der Waals surface area contributed by atoms with Gasteiger partial charge in [0.25, 0.3) is 0 Å². The van der Waals surface area contributed by atoms with Gasteiger partial charge < -0.3 is 10.1 Å². The molecule has 0 spiro atoms. The highest BCUT2D eigenvalue weighted by Crippen LogP contribution is 2.36. The van der Waals surface area contributed by atoms with Crippen LogP contribution in [-0.4, -0.2) is 26.2 Å². The number of fused-ring (bicyclic) bond motifs is 1. The predicted molar refractivity (Wildman–Crippen MR) is 106 cm³/mol. The van der Waals surface area contributed by atoms with Crippen LogP contribution in [-0.2, 0) is 23.3 Å². The summed E-state index contributed by atoms with van der Waals surface area (Å²) in [6, 6.07) is 11.7. The zero-order valence-electron chi connectivity index (χ0n) is 14.0. The van der Waals surface area contributed by atoms with E-state index in [4.69, 9.17) is 16.3 Å². The number of ether oxygens (including phenoxy) is 1. The molecule has 2 aromatic carbocycles. The zero-order chi connectivity index (χ0) is 16.9. The molecule has 0 saturated heterocycles. The molecule has 1 N–H and O–H groups in total. The molecule has 0 aliphatic carbocycles. The highest BCUT2D eigenvalue weighted by Gasteiger charge is 2.15. The lowest BCUT2D eigenvalue weighted by molar-refractivity contribution is 0.0600. The summed E-state index contributed by atoms with van der Waals surface area (Å²) in [5.74, 6) is 0.517. The Balaban J connectivity index is 0.00000225. The Morgan fingerprint density at radius 3 is 2.60 bits per heavy atom. The molecule has 0 radical (unpaired) electrons. The fourth-order valence-corrected chi connectivity index (χ4v) is 4.33. The van der Waals surface area contributed by atoms with Crippen molar-refractivity contribution in [1.29, 1.82) is 0 Å². The van der Waals surface area contributed by atoms with Crippen LogP contribution in [0.3, 0.4) is 0 Å². The number of nitrogens with one attached hydrogen (secondary N) is 1. The van der Waals surface area contributed by atoms with Crippen molar-refractivity contribution >= 4 is 41.7 Å². The van der Waals surface area contributed by atoms with Gasteiger partial charge in [0, 0.05) is 10.6 Å². The molecule has 0 saturated carbocycles. The van der Waals surface area contributed by atoms with E-state index in [1.807, 2.05) is 18.2 Å². The minimum absolute atomic E-state index is 0. The summed E-state index contributed by atoms with van der Waals surface area (Å²) in [7, 11) is 1.39. The van der Waals surface area contributed by atoms with Crippen LogP contribution in [0.2, 0.25) is 5.02 Å². The van der Waals surface area contributed by atoms with E-state index in [1.54, 1.807) is 23.9 Å². The van der Waals surface area contributed by atoms with Gasteiger partial charge in [-0.05, 0) is 60.8 Å². The lowest BCUT2D eigenvalue weighted by atomic mass is 10.0. The molecule has 0 amide bonds. The lowest BCUT2D eigenvalue weighted by Gasteiger charge is -2.14. The largest absolute Gasteiger partial charge is 0.465 e. The van der Waals surface area contributed by atoms with E-state index in [-0.39, 0.29) is 18.4 Å². The van der Waals surface area contributed by atoms with Gasteiger partial charge in [-0.1, -0.05) is 29.8 Å². The number of esters is 1. The van der Waals surface area contributed by atoms with Gasteiger partial charge in [0.1, 0.15) is 0 Å². The highest BCUT2D eigenvalue weighted by atomic mass is 35.5. The maximum Gasteiger partial charge on any atom is 0.337 e. The summed E-state index contributed by atoms with van der Waals surface area (Å²) in [6.45, 7) is 2.02. The van der Waals surface area contributed by atoms with Crippen LogP contribution in [0.25, 0.3) is 0 Å². The molecular weight excluding hydrogens is 377 g/mol. The van der Waals surface area contributed by atoms with Crippen molar-refractivity contribution in [2.45, 2.75) is 23.5 Å². The third-order valence-electron chi connectivity index (χ3n) is 4.19. The molecule has 2 aromatic rings. The first-order valence-corrected chi connectivity index (χ1v) is 9.36. The Morgan fingerprint density at radius 2 is 1.88 bits per heavy atom. The lowest BCUT2D eigenvalue weighted by Crippen LogP contribution is -2.16. The van der Waals surface area contributed by atoms with Crippen LogP contribution in [0, 0.1) is 0 Å². The summed E-state index contributed by atoms with van der Waals surface area (Å²) in [4.78, 5) is 12.7. The number of carbonyl (C=O) groups is 1. The van der Waals surface area contributed by atoms with Crippen LogP contribution in [0.1, 0.15) is 27.0 Å². The number of thioether (sulfide) groups is 1. The Labute approximate surface area is 163 Å². The molecule has 1 aliphatic rings. The van der Waals surface area contributed by atoms with E-state index < -0.39 is 0 Å². The molecule has 0 unspecified atom stereocenters. The number of hydrogen-bond acceptors (Lipinski definition) is 4. The first-order chi connectivity index (χ1) is 11.7. The second-order valence-corrected chi connectivity index (χ2v) is 7.13. The van der Waals surface area contributed by atoms with Crippen LogP contribution in [0.4, 0.5) is 0 Å². The molecule has 0 atom stereocenters. The fourth-order valence-electron chi connectivity index (χ4n) is 2.88. The summed E-state index contributed by atoms with van der Waals surface area (Å²) < 4.78 is 4.73. The van der Waals surface area contributed by atoms with Crippen molar-refractivity contribution in [3.63, 3.8) is 0 Å².